The van der Waals surface area contributed by atoms with Crippen molar-refractivity contribution in [1.29, 1.82) is 5.26 Å². The molecule has 0 atom stereocenters. The van der Waals surface area contributed by atoms with Crippen LogP contribution in [0.5, 0.6) is 0 Å². The van der Waals surface area contributed by atoms with Gasteiger partial charge < -0.3 is 5.11 Å². The van der Waals surface area contributed by atoms with Crippen LogP contribution in [0.25, 0.3) is 6.08 Å². The molecular weight excluding hydrogens is 224 g/mol. The summed E-state index contributed by atoms with van der Waals surface area (Å²) in [7, 11) is 0. The third kappa shape index (κ3) is 2.66. The summed E-state index contributed by atoms with van der Waals surface area (Å²) >= 11 is 0. The van der Waals surface area contributed by atoms with Crippen molar-refractivity contribution in [2.45, 2.75) is 6.92 Å². The van der Waals surface area contributed by atoms with E-state index in [0.717, 1.165) is 12.2 Å². The van der Waals surface area contributed by atoms with Gasteiger partial charge in [0.1, 0.15) is 6.07 Å². The number of nitrogens with zero attached hydrogens (tertiary/aromatic N) is 2. The van der Waals surface area contributed by atoms with Gasteiger partial charge in [-0.25, -0.2) is 4.79 Å². The van der Waals surface area contributed by atoms with Gasteiger partial charge in [-0.3, -0.25) is 10.1 Å². The van der Waals surface area contributed by atoms with Crippen molar-refractivity contribution in [3.63, 3.8) is 0 Å². The molecule has 0 aliphatic carbocycles. The van der Waals surface area contributed by atoms with Gasteiger partial charge in [-0.1, -0.05) is 6.07 Å². The standard InChI is InChI=1S/C11H8N2O4/c1-7-2-3-8(6-12)9(4-5-10(14)15)11(7)13(16)17/h2-5H,1H3,(H,14,15)/b5-4+. The summed E-state index contributed by atoms with van der Waals surface area (Å²) in [5.41, 5.74) is 0.209. The van der Waals surface area contributed by atoms with Crippen LogP contribution in [0.1, 0.15) is 16.7 Å². The van der Waals surface area contributed by atoms with Crippen molar-refractivity contribution >= 4 is 17.7 Å². The van der Waals surface area contributed by atoms with Crippen molar-refractivity contribution in [2.24, 2.45) is 0 Å². The van der Waals surface area contributed by atoms with E-state index in [4.69, 9.17) is 10.4 Å². The maximum absolute atomic E-state index is 10.9. The van der Waals surface area contributed by atoms with Gasteiger partial charge in [-0.2, -0.15) is 5.26 Å². The molecule has 0 aromatic heterocycles. The third-order valence-corrected chi connectivity index (χ3v) is 2.11. The smallest absolute Gasteiger partial charge is 0.328 e. The fourth-order valence-corrected chi connectivity index (χ4v) is 1.38. The zero-order valence-electron chi connectivity index (χ0n) is 8.88. The second-order valence-electron chi connectivity index (χ2n) is 3.23. The fraction of sp³-hybridized carbons (Fsp3) is 0.0909. The lowest BCUT2D eigenvalue weighted by Gasteiger charge is -2.02. The minimum Gasteiger partial charge on any atom is -0.478 e. The molecule has 0 aliphatic heterocycles. The molecule has 0 unspecified atom stereocenters. The molecule has 17 heavy (non-hydrogen) atoms. The molecule has 1 aromatic carbocycles. The molecule has 1 rings (SSSR count). The van der Waals surface area contributed by atoms with E-state index in [9.17, 15) is 14.9 Å². The number of hydrogen-bond acceptors (Lipinski definition) is 4. The van der Waals surface area contributed by atoms with E-state index in [1.807, 2.05) is 0 Å². The van der Waals surface area contributed by atoms with E-state index in [2.05, 4.69) is 0 Å². The highest BCUT2D eigenvalue weighted by molar-refractivity contribution is 5.87. The number of rotatable bonds is 3. The zero-order chi connectivity index (χ0) is 13.0. The molecular formula is C11H8N2O4. The van der Waals surface area contributed by atoms with E-state index >= 15 is 0 Å². The van der Waals surface area contributed by atoms with Crippen molar-refractivity contribution in [2.75, 3.05) is 0 Å². The van der Waals surface area contributed by atoms with Gasteiger partial charge in [-0.15, -0.1) is 0 Å². The third-order valence-electron chi connectivity index (χ3n) is 2.11. The number of benzene rings is 1. The number of aliphatic carboxylic acids is 1. The highest BCUT2D eigenvalue weighted by Gasteiger charge is 2.19. The Kier molecular flexibility index (Phi) is 3.57. The minimum absolute atomic E-state index is 0.0138. The molecule has 0 amide bonds. The number of nitriles is 1. The topological polar surface area (TPSA) is 104 Å². The van der Waals surface area contributed by atoms with Crippen molar-refractivity contribution < 1.29 is 14.8 Å². The molecule has 0 heterocycles. The highest BCUT2D eigenvalue weighted by Crippen LogP contribution is 2.27. The Morgan fingerprint density at radius 1 is 1.59 bits per heavy atom. The lowest BCUT2D eigenvalue weighted by molar-refractivity contribution is -0.385. The van der Waals surface area contributed by atoms with Crippen LogP contribution in [0.3, 0.4) is 0 Å². The SMILES string of the molecule is Cc1ccc(C#N)c(/C=C/C(=O)O)c1[N+](=O)[O-]. The first kappa shape index (κ1) is 12.4. The second kappa shape index (κ2) is 4.90. The van der Waals surface area contributed by atoms with Gasteiger partial charge in [0.25, 0.3) is 5.69 Å². The van der Waals surface area contributed by atoms with Gasteiger partial charge in [0.2, 0.25) is 0 Å². The quantitative estimate of drug-likeness (QED) is 0.486. The maximum atomic E-state index is 10.9. The summed E-state index contributed by atoms with van der Waals surface area (Å²) in [6.45, 7) is 1.53. The lowest BCUT2D eigenvalue weighted by atomic mass is 10.0. The summed E-state index contributed by atoms with van der Waals surface area (Å²) in [5, 5.41) is 28.2. The average molecular weight is 232 g/mol. The Hall–Kier alpha value is -2.68. The van der Waals surface area contributed by atoms with Crippen molar-refractivity contribution in [1.82, 2.24) is 0 Å². The molecule has 0 aliphatic rings. The van der Waals surface area contributed by atoms with Crippen LogP contribution in [0.2, 0.25) is 0 Å². The highest BCUT2D eigenvalue weighted by atomic mass is 16.6. The minimum atomic E-state index is -1.23. The Morgan fingerprint density at radius 2 is 2.24 bits per heavy atom. The van der Waals surface area contributed by atoms with Crippen LogP contribution in [-0.4, -0.2) is 16.0 Å². The van der Waals surface area contributed by atoms with Gasteiger partial charge in [0.15, 0.2) is 0 Å². The van der Waals surface area contributed by atoms with Gasteiger partial charge in [0, 0.05) is 11.6 Å². The number of aryl methyl sites for hydroxylation is 1. The molecule has 0 spiro atoms. The van der Waals surface area contributed by atoms with Gasteiger partial charge >= 0.3 is 5.97 Å². The number of carboxylic acids is 1. The van der Waals surface area contributed by atoms with Crippen LogP contribution in [0, 0.1) is 28.4 Å². The zero-order valence-corrected chi connectivity index (χ0v) is 8.88. The largest absolute Gasteiger partial charge is 0.478 e. The Bertz CT molecular complexity index is 555. The molecule has 6 heteroatoms. The van der Waals surface area contributed by atoms with E-state index in [1.54, 1.807) is 6.07 Å². The average Bonchev–Trinajstić information content (AvgIpc) is 2.25. The summed E-state index contributed by atoms with van der Waals surface area (Å²) in [6, 6.07) is 4.67. The number of nitro groups is 1. The van der Waals surface area contributed by atoms with Gasteiger partial charge in [0.05, 0.1) is 16.1 Å². The normalized spacial score (nSPS) is 10.1. The van der Waals surface area contributed by atoms with E-state index in [1.165, 1.54) is 19.1 Å². The molecule has 1 aromatic rings. The molecule has 0 radical (unpaired) electrons. The number of carbonyl (C=O) groups is 1. The van der Waals surface area contributed by atoms with Crippen LogP contribution in [-0.2, 0) is 4.79 Å². The number of carboxylic acid groups (broad SMARTS) is 1. The van der Waals surface area contributed by atoms with E-state index in [0.29, 0.717) is 5.56 Å². The van der Waals surface area contributed by atoms with E-state index < -0.39 is 10.9 Å². The predicted molar refractivity (Wildman–Crippen MR) is 59.2 cm³/mol. The molecule has 0 saturated carbocycles. The van der Waals surface area contributed by atoms with Gasteiger partial charge in [-0.05, 0) is 19.1 Å². The lowest BCUT2D eigenvalue weighted by Crippen LogP contribution is -1.98. The molecule has 1 N–H and O–H groups in total. The summed E-state index contributed by atoms with van der Waals surface area (Å²) in [5.74, 6) is -1.23. The van der Waals surface area contributed by atoms with Crippen LogP contribution in [0.4, 0.5) is 5.69 Å². The fourth-order valence-electron chi connectivity index (χ4n) is 1.38. The monoisotopic (exact) mass is 232 g/mol. The number of nitro benzene ring substituents is 1. The first-order valence-electron chi connectivity index (χ1n) is 4.56. The Morgan fingerprint density at radius 3 is 2.71 bits per heavy atom. The molecule has 86 valence electrons. The summed E-state index contributed by atoms with van der Waals surface area (Å²) in [6.07, 6.45) is 1.83. The Labute approximate surface area is 96.6 Å². The van der Waals surface area contributed by atoms with Crippen LogP contribution < -0.4 is 0 Å². The molecule has 0 fully saturated rings. The predicted octanol–water partition coefficient (Wildman–Crippen LogP) is 1.87. The summed E-state index contributed by atoms with van der Waals surface area (Å²) < 4.78 is 0. The van der Waals surface area contributed by atoms with E-state index in [-0.39, 0.29) is 16.8 Å². The number of hydrogen-bond donors (Lipinski definition) is 1. The van der Waals surface area contributed by atoms with Crippen molar-refractivity contribution in [3.05, 3.63) is 45.0 Å². The first-order valence-corrected chi connectivity index (χ1v) is 4.56. The van der Waals surface area contributed by atoms with Crippen LogP contribution in [0.15, 0.2) is 18.2 Å². The molecule has 0 saturated heterocycles. The van der Waals surface area contributed by atoms with Crippen LogP contribution >= 0.6 is 0 Å². The second-order valence-corrected chi connectivity index (χ2v) is 3.23. The summed E-state index contributed by atoms with van der Waals surface area (Å²) in [4.78, 5) is 20.6. The Balaban J connectivity index is 3.52. The molecule has 0 bridgehead atoms. The first-order chi connectivity index (χ1) is 7.97. The maximum Gasteiger partial charge on any atom is 0.328 e. The molecule has 6 nitrogen and oxygen atoms in total. The van der Waals surface area contributed by atoms with Crippen molar-refractivity contribution in [3.8, 4) is 6.07 Å².